The second-order valence-corrected chi connectivity index (χ2v) is 6.72. The van der Waals surface area contributed by atoms with Gasteiger partial charge >= 0.3 is 5.97 Å². The van der Waals surface area contributed by atoms with Crippen LogP contribution in [0.5, 0.6) is 0 Å². The fraction of sp³-hybridized carbons (Fsp3) is 0.250. The molecule has 8 heteroatoms. The van der Waals surface area contributed by atoms with Crippen molar-refractivity contribution in [2.24, 2.45) is 5.92 Å². The van der Waals surface area contributed by atoms with Gasteiger partial charge in [-0.3, -0.25) is 4.79 Å². The minimum atomic E-state index is -1.13. The molecule has 2 heterocycles. The van der Waals surface area contributed by atoms with Gasteiger partial charge in [0.2, 0.25) is 5.91 Å². The van der Waals surface area contributed by atoms with Crippen LogP contribution in [-0.2, 0) is 4.79 Å². The zero-order valence-electron chi connectivity index (χ0n) is 13.2. The lowest BCUT2D eigenvalue weighted by molar-refractivity contribution is -0.116. The number of rotatable bonds is 5. The largest absolute Gasteiger partial charge is 0.476 e. The Balaban J connectivity index is 2.04. The molecule has 24 heavy (non-hydrogen) atoms. The molecule has 3 rings (SSSR count). The number of carbonyl (C=O) groups is 2. The zero-order chi connectivity index (χ0) is 17.3. The highest BCUT2D eigenvalue weighted by molar-refractivity contribution is 7.22. The van der Waals surface area contributed by atoms with Crippen LogP contribution in [0.1, 0.15) is 30.8 Å². The maximum Gasteiger partial charge on any atom is 0.358 e. The average molecular weight is 344 g/mol. The van der Waals surface area contributed by atoms with Gasteiger partial charge in [0.1, 0.15) is 4.70 Å². The summed E-state index contributed by atoms with van der Waals surface area (Å²) in [7, 11) is 0. The number of nitrogens with zero attached hydrogens (tertiary/aromatic N) is 3. The summed E-state index contributed by atoms with van der Waals surface area (Å²) in [5, 5.41) is 16.6. The molecule has 0 fully saturated rings. The molecule has 0 radical (unpaired) electrons. The van der Waals surface area contributed by atoms with Gasteiger partial charge < -0.3 is 10.4 Å². The predicted molar refractivity (Wildman–Crippen MR) is 91.8 cm³/mol. The molecular weight excluding hydrogens is 328 g/mol. The van der Waals surface area contributed by atoms with E-state index in [9.17, 15) is 14.7 Å². The van der Waals surface area contributed by atoms with Crippen LogP contribution in [0.4, 0.5) is 5.13 Å². The van der Waals surface area contributed by atoms with Crippen LogP contribution < -0.4 is 5.32 Å². The highest BCUT2D eigenvalue weighted by Crippen LogP contribution is 2.31. The van der Waals surface area contributed by atoms with E-state index in [0.29, 0.717) is 27.6 Å². The number of aromatic nitrogens is 3. The Morgan fingerprint density at radius 3 is 2.62 bits per heavy atom. The van der Waals surface area contributed by atoms with Gasteiger partial charge in [0.05, 0.1) is 5.69 Å². The van der Waals surface area contributed by atoms with E-state index >= 15 is 0 Å². The SMILES string of the molecule is CC(C)CC(=O)Nc1nc2c(s1)c(C(=O)O)nn2-c1ccccc1. The van der Waals surface area contributed by atoms with Gasteiger partial charge in [-0.05, 0) is 18.1 Å². The molecule has 2 N–H and O–H groups in total. The molecule has 3 aromatic rings. The van der Waals surface area contributed by atoms with Gasteiger partial charge in [-0.2, -0.15) is 10.1 Å². The van der Waals surface area contributed by atoms with Gasteiger partial charge in [0.15, 0.2) is 16.5 Å². The normalized spacial score (nSPS) is 11.1. The van der Waals surface area contributed by atoms with E-state index in [2.05, 4.69) is 15.4 Å². The summed E-state index contributed by atoms with van der Waals surface area (Å²) in [5.41, 5.74) is 1.06. The lowest BCUT2D eigenvalue weighted by Gasteiger charge is -2.04. The number of nitrogens with one attached hydrogen (secondary N) is 1. The zero-order valence-corrected chi connectivity index (χ0v) is 14.0. The van der Waals surface area contributed by atoms with Crippen LogP contribution in [-0.4, -0.2) is 31.7 Å². The number of anilines is 1. The fourth-order valence-electron chi connectivity index (χ4n) is 2.29. The Bertz CT molecular complexity index is 899. The number of thiazole rings is 1. The van der Waals surface area contributed by atoms with Crippen LogP contribution in [0.2, 0.25) is 0 Å². The molecule has 0 atom stereocenters. The molecule has 0 aliphatic rings. The third-order valence-corrected chi connectivity index (χ3v) is 4.24. The van der Waals surface area contributed by atoms with Crippen molar-refractivity contribution in [2.75, 3.05) is 5.32 Å². The highest BCUT2D eigenvalue weighted by atomic mass is 32.1. The van der Waals surface area contributed by atoms with Crippen LogP contribution >= 0.6 is 11.3 Å². The van der Waals surface area contributed by atoms with Crippen molar-refractivity contribution in [3.05, 3.63) is 36.0 Å². The first kappa shape index (κ1) is 16.1. The van der Waals surface area contributed by atoms with E-state index in [1.54, 1.807) is 0 Å². The maximum atomic E-state index is 11.9. The van der Waals surface area contributed by atoms with Gasteiger partial charge in [0, 0.05) is 6.42 Å². The quantitative estimate of drug-likeness (QED) is 0.741. The fourth-order valence-corrected chi connectivity index (χ4v) is 3.22. The lowest BCUT2D eigenvalue weighted by Crippen LogP contribution is -2.13. The standard InChI is InChI=1S/C16H16N4O3S/c1-9(2)8-11(21)17-16-18-14-13(24-16)12(15(22)23)19-20(14)10-6-4-3-5-7-10/h3-7,9H,8H2,1-2H3,(H,22,23)(H,17,18,21). The Kier molecular flexibility index (Phi) is 4.30. The van der Waals surface area contributed by atoms with E-state index in [-0.39, 0.29) is 17.5 Å². The molecule has 7 nitrogen and oxygen atoms in total. The van der Waals surface area contributed by atoms with Gasteiger partial charge in [-0.1, -0.05) is 43.4 Å². The minimum absolute atomic E-state index is 0.0734. The number of carbonyl (C=O) groups excluding carboxylic acids is 1. The number of hydrogen-bond donors (Lipinski definition) is 2. The molecule has 1 aromatic carbocycles. The first-order chi connectivity index (χ1) is 11.5. The van der Waals surface area contributed by atoms with Gasteiger partial charge in [-0.15, -0.1) is 0 Å². The number of fused-ring (bicyclic) bond motifs is 1. The lowest BCUT2D eigenvalue weighted by atomic mass is 10.1. The number of amides is 1. The number of carboxylic acids is 1. The summed E-state index contributed by atoms with van der Waals surface area (Å²) in [4.78, 5) is 27.7. The van der Waals surface area contributed by atoms with Crippen molar-refractivity contribution in [3.63, 3.8) is 0 Å². The van der Waals surface area contributed by atoms with Gasteiger partial charge in [0.25, 0.3) is 0 Å². The molecule has 124 valence electrons. The maximum absolute atomic E-state index is 11.9. The summed E-state index contributed by atoms with van der Waals surface area (Å²) >= 11 is 1.12. The Hall–Kier alpha value is -2.74. The van der Waals surface area contributed by atoms with E-state index in [1.165, 1.54) is 4.68 Å². The number of carboxylic acid groups (broad SMARTS) is 1. The van der Waals surface area contributed by atoms with E-state index < -0.39 is 5.97 Å². The molecule has 0 saturated heterocycles. The molecule has 0 spiro atoms. The number of para-hydroxylation sites is 1. The van der Waals surface area contributed by atoms with Crippen molar-refractivity contribution >= 4 is 38.7 Å². The average Bonchev–Trinajstić information content (AvgIpc) is 3.05. The summed E-state index contributed by atoms with van der Waals surface area (Å²) in [6, 6.07) is 9.16. The molecule has 0 bridgehead atoms. The molecular formula is C16H16N4O3S. The third kappa shape index (κ3) is 3.13. The molecule has 0 aliphatic heterocycles. The van der Waals surface area contributed by atoms with E-state index in [1.807, 2.05) is 44.2 Å². The number of aromatic carboxylic acids is 1. The van der Waals surface area contributed by atoms with E-state index in [4.69, 9.17) is 0 Å². The second kappa shape index (κ2) is 6.40. The van der Waals surface area contributed by atoms with Crippen molar-refractivity contribution < 1.29 is 14.7 Å². The Labute approximate surface area is 141 Å². The minimum Gasteiger partial charge on any atom is -0.476 e. The number of benzene rings is 1. The molecule has 1 amide bonds. The number of hydrogen-bond acceptors (Lipinski definition) is 5. The predicted octanol–water partition coefficient (Wildman–Crippen LogP) is 3.16. The van der Waals surface area contributed by atoms with Crippen LogP contribution in [0.15, 0.2) is 30.3 Å². The van der Waals surface area contributed by atoms with Crippen molar-refractivity contribution in [1.82, 2.24) is 14.8 Å². The van der Waals surface area contributed by atoms with Crippen molar-refractivity contribution in [3.8, 4) is 5.69 Å². The summed E-state index contributed by atoms with van der Waals surface area (Å²) < 4.78 is 1.92. The highest BCUT2D eigenvalue weighted by Gasteiger charge is 2.22. The van der Waals surface area contributed by atoms with Crippen LogP contribution in [0.25, 0.3) is 16.0 Å². The summed E-state index contributed by atoms with van der Waals surface area (Å²) in [5.74, 6) is -1.04. The van der Waals surface area contributed by atoms with Crippen molar-refractivity contribution in [2.45, 2.75) is 20.3 Å². The first-order valence-corrected chi connectivity index (χ1v) is 8.25. The molecule has 2 aromatic heterocycles. The monoisotopic (exact) mass is 344 g/mol. The molecule has 0 unspecified atom stereocenters. The Morgan fingerprint density at radius 2 is 2.00 bits per heavy atom. The first-order valence-electron chi connectivity index (χ1n) is 7.44. The van der Waals surface area contributed by atoms with Gasteiger partial charge in [-0.25, -0.2) is 9.48 Å². The molecule has 0 saturated carbocycles. The van der Waals surface area contributed by atoms with Crippen molar-refractivity contribution in [1.29, 1.82) is 0 Å². The summed E-state index contributed by atoms with van der Waals surface area (Å²) in [6.07, 6.45) is 0.381. The van der Waals surface area contributed by atoms with E-state index in [0.717, 1.165) is 11.3 Å². The topological polar surface area (TPSA) is 97.1 Å². The molecule has 0 aliphatic carbocycles. The summed E-state index contributed by atoms with van der Waals surface area (Å²) in [6.45, 7) is 3.90. The second-order valence-electron chi connectivity index (χ2n) is 5.72. The van der Waals surface area contributed by atoms with Crippen LogP contribution in [0, 0.1) is 5.92 Å². The van der Waals surface area contributed by atoms with Crippen LogP contribution in [0.3, 0.4) is 0 Å². The Morgan fingerprint density at radius 1 is 1.29 bits per heavy atom. The smallest absolute Gasteiger partial charge is 0.358 e. The third-order valence-electron chi connectivity index (χ3n) is 3.27.